The molecular formula is C17H21N3O3S. The van der Waals surface area contributed by atoms with Gasteiger partial charge < -0.3 is 15.4 Å². The van der Waals surface area contributed by atoms with Gasteiger partial charge in [-0.05, 0) is 56.6 Å². The lowest BCUT2D eigenvalue weighted by atomic mass is 10.1. The van der Waals surface area contributed by atoms with Crippen LogP contribution in [-0.2, 0) is 9.59 Å². The molecule has 2 N–H and O–H groups in total. The fourth-order valence-corrected chi connectivity index (χ4v) is 3.05. The summed E-state index contributed by atoms with van der Waals surface area (Å²) in [5, 5.41) is 6.30. The first-order valence-electron chi connectivity index (χ1n) is 8.11. The van der Waals surface area contributed by atoms with Crippen LogP contribution in [0.25, 0.3) is 0 Å². The van der Waals surface area contributed by atoms with E-state index in [1.54, 1.807) is 24.0 Å². The first-order valence-corrected chi connectivity index (χ1v) is 8.52. The lowest BCUT2D eigenvalue weighted by Gasteiger charge is -2.23. The van der Waals surface area contributed by atoms with Crippen molar-refractivity contribution in [3.63, 3.8) is 0 Å². The van der Waals surface area contributed by atoms with Crippen molar-refractivity contribution < 1.29 is 14.3 Å². The number of hydrogen-bond acceptors (Lipinski definition) is 4. The van der Waals surface area contributed by atoms with Gasteiger partial charge in [0, 0.05) is 6.04 Å². The molecule has 24 heavy (non-hydrogen) atoms. The Morgan fingerprint density at radius 3 is 2.62 bits per heavy atom. The summed E-state index contributed by atoms with van der Waals surface area (Å²) in [6.45, 7) is 3.75. The zero-order valence-corrected chi connectivity index (χ0v) is 14.6. The summed E-state index contributed by atoms with van der Waals surface area (Å²) < 4.78 is 5.49. The third-order valence-electron chi connectivity index (χ3n) is 4.23. The molecule has 0 unspecified atom stereocenters. The second kappa shape index (κ2) is 6.76. The van der Waals surface area contributed by atoms with E-state index in [4.69, 9.17) is 17.0 Å². The van der Waals surface area contributed by atoms with E-state index < -0.39 is 0 Å². The van der Waals surface area contributed by atoms with Crippen LogP contribution in [0, 0.1) is 0 Å². The summed E-state index contributed by atoms with van der Waals surface area (Å²) >= 11 is 5.23. The van der Waals surface area contributed by atoms with Crippen LogP contribution in [0.15, 0.2) is 24.3 Å². The van der Waals surface area contributed by atoms with Crippen LogP contribution in [-0.4, -0.2) is 40.5 Å². The average molecular weight is 347 g/mol. The Bertz CT molecular complexity index is 658. The predicted molar refractivity (Wildman–Crippen MR) is 93.6 cm³/mol. The van der Waals surface area contributed by atoms with Crippen molar-refractivity contribution in [2.24, 2.45) is 0 Å². The highest BCUT2D eigenvalue weighted by molar-refractivity contribution is 7.80. The Labute approximate surface area is 146 Å². The number of carbonyl (C=O) groups excluding carboxylic acids is 2. The smallest absolute Gasteiger partial charge is 0.258 e. The van der Waals surface area contributed by atoms with Gasteiger partial charge in [-0.1, -0.05) is 12.1 Å². The number of hydrogen-bond donors (Lipinski definition) is 2. The third-order valence-corrected chi connectivity index (χ3v) is 4.54. The van der Waals surface area contributed by atoms with Crippen molar-refractivity contribution in [2.75, 3.05) is 6.61 Å². The minimum absolute atomic E-state index is 0.0154. The van der Waals surface area contributed by atoms with Gasteiger partial charge in [-0.25, -0.2) is 0 Å². The molecule has 2 fully saturated rings. The highest BCUT2D eigenvalue weighted by Crippen LogP contribution is 2.26. The molecule has 6 nitrogen and oxygen atoms in total. The van der Waals surface area contributed by atoms with Gasteiger partial charge in [-0.2, -0.15) is 0 Å². The van der Waals surface area contributed by atoms with Crippen molar-refractivity contribution in [3.05, 3.63) is 29.8 Å². The van der Waals surface area contributed by atoms with Crippen molar-refractivity contribution >= 4 is 29.1 Å². The van der Waals surface area contributed by atoms with Gasteiger partial charge in [0.2, 0.25) is 0 Å². The zero-order chi connectivity index (χ0) is 17.3. The van der Waals surface area contributed by atoms with E-state index in [9.17, 15) is 9.59 Å². The molecule has 0 aromatic heterocycles. The maximum Gasteiger partial charge on any atom is 0.258 e. The molecule has 1 aromatic rings. The van der Waals surface area contributed by atoms with Crippen LogP contribution >= 0.6 is 12.2 Å². The number of carbonyl (C=O) groups is 2. The molecule has 1 aliphatic carbocycles. The number of nitrogens with one attached hydrogen (secondary N) is 2. The number of thiocarbonyl (C=S) groups is 1. The first-order chi connectivity index (χ1) is 11.5. The average Bonchev–Trinajstić information content (AvgIpc) is 3.32. The maximum absolute atomic E-state index is 12.2. The van der Waals surface area contributed by atoms with Crippen LogP contribution in [0.4, 0.5) is 0 Å². The van der Waals surface area contributed by atoms with Crippen LogP contribution in [0.2, 0.25) is 0 Å². The predicted octanol–water partition coefficient (Wildman–Crippen LogP) is 1.51. The van der Waals surface area contributed by atoms with Gasteiger partial charge in [-0.3, -0.25) is 14.5 Å². The summed E-state index contributed by atoms with van der Waals surface area (Å²) in [7, 11) is 0. The van der Waals surface area contributed by atoms with Crippen molar-refractivity contribution in [1.82, 2.24) is 15.5 Å². The molecule has 2 atom stereocenters. The lowest BCUT2D eigenvalue weighted by molar-refractivity contribution is -0.128. The SMILES string of the molecule is C[C@H]1NC(=S)N([C@@H](C)c2ccc(OCC(=O)NC3CC3)cc2)C1=O. The van der Waals surface area contributed by atoms with Crippen molar-refractivity contribution in [1.29, 1.82) is 0 Å². The standard InChI is InChI=1S/C17H21N3O3S/c1-10-16(22)20(17(24)18-10)11(2)12-3-7-14(8-4-12)23-9-15(21)19-13-5-6-13/h3-4,7-8,10-11,13H,5-6,9H2,1-2H3,(H,18,24)(H,19,21)/t10-,11+/m1/s1. The molecule has 7 heteroatoms. The molecule has 0 radical (unpaired) electrons. The minimum Gasteiger partial charge on any atom is -0.484 e. The molecule has 1 aromatic carbocycles. The van der Waals surface area contributed by atoms with E-state index in [2.05, 4.69) is 10.6 Å². The van der Waals surface area contributed by atoms with E-state index in [0.29, 0.717) is 16.9 Å². The molecule has 2 amide bonds. The third kappa shape index (κ3) is 3.67. The van der Waals surface area contributed by atoms with E-state index in [1.807, 2.05) is 19.1 Å². The fourth-order valence-electron chi connectivity index (χ4n) is 2.63. The molecule has 2 aliphatic rings. The van der Waals surface area contributed by atoms with Gasteiger partial charge in [0.1, 0.15) is 11.8 Å². The van der Waals surface area contributed by atoms with Crippen molar-refractivity contribution in [3.8, 4) is 5.75 Å². The summed E-state index contributed by atoms with van der Waals surface area (Å²) in [4.78, 5) is 25.4. The number of nitrogens with zero attached hydrogens (tertiary/aromatic N) is 1. The van der Waals surface area contributed by atoms with Crippen LogP contribution in [0.3, 0.4) is 0 Å². The minimum atomic E-state index is -0.285. The van der Waals surface area contributed by atoms with E-state index >= 15 is 0 Å². The topological polar surface area (TPSA) is 70.7 Å². The highest BCUT2D eigenvalue weighted by atomic mass is 32.1. The Morgan fingerprint density at radius 1 is 1.42 bits per heavy atom. The quantitative estimate of drug-likeness (QED) is 0.764. The maximum atomic E-state index is 12.2. The summed E-state index contributed by atoms with van der Waals surface area (Å²) in [6, 6.07) is 7.27. The molecule has 1 aliphatic heterocycles. The van der Waals surface area contributed by atoms with Gasteiger partial charge in [0.05, 0.1) is 6.04 Å². The Morgan fingerprint density at radius 2 is 2.08 bits per heavy atom. The zero-order valence-electron chi connectivity index (χ0n) is 13.7. The number of rotatable bonds is 6. The molecule has 0 spiro atoms. The molecular weight excluding hydrogens is 326 g/mol. The van der Waals surface area contributed by atoms with Crippen LogP contribution < -0.4 is 15.4 Å². The second-order valence-corrected chi connectivity index (χ2v) is 6.64. The molecule has 1 saturated carbocycles. The normalized spacial score (nSPS) is 21.4. The summed E-state index contributed by atoms with van der Waals surface area (Å²) in [6.07, 6.45) is 2.12. The number of ether oxygens (including phenoxy) is 1. The molecule has 3 rings (SSSR count). The van der Waals surface area contributed by atoms with E-state index in [-0.39, 0.29) is 30.5 Å². The van der Waals surface area contributed by atoms with Gasteiger partial charge in [0.25, 0.3) is 11.8 Å². The fraction of sp³-hybridized carbons (Fsp3) is 0.471. The molecule has 0 bridgehead atoms. The van der Waals surface area contributed by atoms with Gasteiger partial charge in [0.15, 0.2) is 11.7 Å². The van der Waals surface area contributed by atoms with Gasteiger partial charge in [-0.15, -0.1) is 0 Å². The highest BCUT2D eigenvalue weighted by Gasteiger charge is 2.35. The number of amides is 2. The summed E-state index contributed by atoms with van der Waals surface area (Å²) in [5.41, 5.74) is 0.955. The van der Waals surface area contributed by atoms with Crippen LogP contribution in [0.5, 0.6) is 5.75 Å². The monoisotopic (exact) mass is 347 g/mol. The summed E-state index contributed by atoms with van der Waals surface area (Å²) in [5.74, 6) is 0.506. The van der Waals surface area contributed by atoms with Crippen molar-refractivity contribution in [2.45, 2.75) is 44.8 Å². The largest absolute Gasteiger partial charge is 0.484 e. The van der Waals surface area contributed by atoms with E-state index in [0.717, 1.165) is 18.4 Å². The van der Waals surface area contributed by atoms with E-state index in [1.165, 1.54) is 0 Å². The first kappa shape index (κ1) is 16.7. The number of benzene rings is 1. The molecule has 1 saturated heterocycles. The second-order valence-electron chi connectivity index (χ2n) is 6.25. The Hall–Kier alpha value is -2.15. The van der Waals surface area contributed by atoms with Gasteiger partial charge >= 0.3 is 0 Å². The Balaban J connectivity index is 1.58. The van der Waals surface area contributed by atoms with Crippen LogP contribution in [0.1, 0.15) is 38.3 Å². The Kier molecular flexibility index (Phi) is 4.71. The molecule has 128 valence electrons. The molecule has 1 heterocycles. The lowest BCUT2D eigenvalue weighted by Crippen LogP contribution is -2.33.